The number of carbonyl (C=O) groups excluding carboxylic acids is 1. The van der Waals surface area contributed by atoms with Crippen molar-refractivity contribution in [2.45, 2.75) is 30.8 Å². The van der Waals surface area contributed by atoms with E-state index in [9.17, 15) is 17.6 Å². The Hall–Kier alpha value is -3.03. The van der Waals surface area contributed by atoms with E-state index in [1.807, 2.05) is 43.3 Å². The molecule has 1 atom stereocenters. The quantitative estimate of drug-likeness (QED) is 0.691. The van der Waals surface area contributed by atoms with Gasteiger partial charge < -0.3 is 5.32 Å². The number of halogens is 1. The molecule has 0 saturated carbocycles. The molecule has 7 heteroatoms. The van der Waals surface area contributed by atoms with Gasteiger partial charge in [0.05, 0.1) is 4.90 Å². The van der Waals surface area contributed by atoms with Gasteiger partial charge in [-0.2, -0.15) is 4.31 Å². The van der Waals surface area contributed by atoms with Crippen molar-refractivity contribution in [3.63, 3.8) is 0 Å². The number of rotatable bonds is 4. The Labute approximate surface area is 175 Å². The summed E-state index contributed by atoms with van der Waals surface area (Å²) in [7, 11) is -4.01. The maximum absolute atomic E-state index is 13.3. The maximum atomic E-state index is 13.3. The van der Waals surface area contributed by atoms with Gasteiger partial charge in [-0.25, -0.2) is 12.8 Å². The van der Waals surface area contributed by atoms with Crippen LogP contribution in [0, 0.1) is 12.7 Å². The second-order valence-corrected chi connectivity index (χ2v) is 9.24. The molecule has 154 valence electrons. The van der Waals surface area contributed by atoms with Crippen molar-refractivity contribution in [3.8, 4) is 0 Å². The van der Waals surface area contributed by atoms with E-state index < -0.39 is 27.8 Å². The number of fused-ring (bicyclic) bond motifs is 1. The van der Waals surface area contributed by atoms with Gasteiger partial charge in [-0.15, -0.1) is 0 Å². The van der Waals surface area contributed by atoms with Crippen LogP contribution in [0.2, 0.25) is 0 Å². The lowest BCUT2D eigenvalue weighted by molar-refractivity contribution is -0.120. The molecular formula is C23H21FN2O3S. The normalized spacial score (nSPS) is 16.7. The van der Waals surface area contributed by atoms with E-state index in [2.05, 4.69) is 5.32 Å². The van der Waals surface area contributed by atoms with Gasteiger partial charge in [0.1, 0.15) is 11.9 Å². The zero-order valence-electron chi connectivity index (χ0n) is 16.4. The van der Waals surface area contributed by atoms with Gasteiger partial charge in [-0.3, -0.25) is 4.79 Å². The van der Waals surface area contributed by atoms with Crippen molar-refractivity contribution < 1.29 is 17.6 Å². The molecule has 3 aromatic rings. The zero-order valence-corrected chi connectivity index (χ0v) is 17.2. The topological polar surface area (TPSA) is 66.5 Å². The van der Waals surface area contributed by atoms with Crippen LogP contribution in [0.1, 0.15) is 16.7 Å². The zero-order chi connectivity index (χ0) is 21.3. The fraction of sp³-hybridized carbons (Fsp3) is 0.174. The number of sulfonamides is 1. The third kappa shape index (κ3) is 3.99. The molecule has 1 aliphatic heterocycles. The first-order valence-electron chi connectivity index (χ1n) is 9.56. The molecular weight excluding hydrogens is 403 g/mol. The fourth-order valence-electron chi connectivity index (χ4n) is 3.58. The Morgan fingerprint density at radius 2 is 1.60 bits per heavy atom. The summed E-state index contributed by atoms with van der Waals surface area (Å²) in [5.74, 6) is -0.925. The summed E-state index contributed by atoms with van der Waals surface area (Å²) in [6, 6.07) is 18.5. The third-order valence-corrected chi connectivity index (χ3v) is 7.12. The summed E-state index contributed by atoms with van der Waals surface area (Å²) >= 11 is 0. The van der Waals surface area contributed by atoms with Gasteiger partial charge in [0, 0.05) is 12.2 Å². The van der Waals surface area contributed by atoms with E-state index in [4.69, 9.17) is 0 Å². The van der Waals surface area contributed by atoms with Crippen LogP contribution in [0.3, 0.4) is 0 Å². The molecule has 0 aliphatic carbocycles. The molecule has 0 aromatic heterocycles. The van der Waals surface area contributed by atoms with Crippen molar-refractivity contribution in [1.29, 1.82) is 0 Å². The number of nitrogens with zero attached hydrogens (tertiary/aromatic N) is 1. The monoisotopic (exact) mass is 424 g/mol. The van der Waals surface area contributed by atoms with Gasteiger partial charge >= 0.3 is 0 Å². The van der Waals surface area contributed by atoms with Crippen LogP contribution >= 0.6 is 0 Å². The van der Waals surface area contributed by atoms with Crippen molar-refractivity contribution in [1.82, 2.24) is 4.31 Å². The van der Waals surface area contributed by atoms with E-state index in [-0.39, 0.29) is 17.9 Å². The molecule has 4 rings (SSSR count). The molecule has 1 amide bonds. The standard InChI is InChI=1S/C23H21FN2O3S/c1-16-6-10-20(11-7-16)25-23(27)22-14-17-4-2-3-5-18(17)15-26(22)30(28,29)21-12-8-19(24)9-13-21/h2-13,22H,14-15H2,1H3,(H,25,27). The van der Waals surface area contributed by atoms with Gasteiger partial charge in [0.15, 0.2) is 0 Å². The number of nitrogens with one attached hydrogen (secondary N) is 1. The van der Waals surface area contributed by atoms with Crippen LogP contribution in [0.5, 0.6) is 0 Å². The molecule has 0 radical (unpaired) electrons. The van der Waals surface area contributed by atoms with Crippen LogP contribution < -0.4 is 5.32 Å². The van der Waals surface area contributed by atoms with Gasteiger partial charge in [-0.1, -0.05) is 42.0 Å². The lowest BCUT2D eigenvalue weighted by Gasteiger charge is -2.35. The Kier molecular flexibility index (Phi) is 5.40. The summed E-state index contributed by atoms with van der Waals surface area (Å²) < 4.78 is 41.2. The second kappa shape index (κ2) is 8.01. The summed E-state index contributed by atoms with van der Waals surface area (Å²) in [5, 5.41) is 2.83. The van der Waals surface area contributed by atoms with Crippen molar-refractivity contribution in [2.24, 2.45) is 0 Å². The van der Waals surface area contributed by atoms with Crippen molar-refractivity contribution in [3.05, 3.63) is 95.3 Å². The highest BCUT2D eigenvalue weighted by Crippen LogP contribution is 2.30. The molecule has 0 fully saturated rings. The third-order valence-electron chi connectivity index (χ3n) is 5.25. The molecule has 1 N–H and O–H groups in total. The highest BCUT2D eigenvalue weighted by atomic mass is 32.2. The Balaban J connectivity index is 1.70. The molecule has 0 spiro atoms. The number of carbonyl (C=O) groups is 1. The smallest absolute Gasteiger partial charge is 0.244 e. The highest BCUT2D eigenvalue weighted by Gasteiger charge is 2.39. The lowest BCUT2D eigenvalue weighted by atomic mass is 9.95. The Bertz CT molecular complexity index is 1180. The van der Waals surface area contributed by atoms with Crippen LogP contribution in [0.4, 0.5) is 10.1 Å². The average Bonchev–Trinajstić information content (AvgIpc) is 2.74. The molecule has 0 bridgehead atoms. The Morgan fingerprint density at radius 3 is 2.27 bits per heavy atom. The first-order chi connectivity index (χ1) is 14.3. The number of benzene rings is 3. The van der Waals surface area contributed by atoms with E-state index in [0.717, 1.165) is 28.8 Å². The van der Waals surface area contributed by atoms with E-state index in [0.29, 0.717) is 5.69 Å². The largest absolute Gasteiger partial charge is 0.325 e. The number of hydrogen-bond acceptors (Lipinski definition) is 3. The molecule has 30 heavy (non-hydrogen) atoms. The predicted octanol–water partition coefficient (Wildman–Crippen LogP) is 3.89. The molecule has 3 aromatic carbocycles. The number of hydrogen-bond donors (Lipinski definition) is 1. The maximum Gasteiger partial charge on any atom is 0.244 e. The highest BCUT2D eigenvalue weighted by molar-refractivity contribution is 7.89. The summed E-state index contributed by atoms with van der Waals surface area (Å²) in [5.41, 5.74) is 3.44. The predicted molar refractivity (Wildman–Crippen MR) is 113 cm³/mol. The van der Waals surface area contributed by atoms with Crippen molar-refractivity contribution in [2.75, 3.05) is 5.32 Å². The van der Waals surface area contributed by atoms with Crippen LogP contribution in [-0.4, -0.2) is 24.7 Å². The number of anilines is 1. The first-order valence-corrected chi connectivity index (χ1v) is 11.0. The van der Waals surface area contributed by atoms with E-state index >= 15 is 0 Å². The molecule has 0 saturated heterocycles. The van der Waals surface area contributed by atoms with Crippen LogP contribution in [0.25, 0.3) is 0 Å². The van der Waals surface area contributed by atoms with E-state index in [1.165, 1.54) is 16.4 Å². The van der Waals surface area contributed by atoms with Gasteiger partial charge in [0.2, 0.25) is 15.9 Å². The minimum atomic E-state index is -4.01. The van der Waals surface area contributed by atoms with Crippen LogP contribution in [0.15, 0.2) is 77.7 Å². The molecule has 1 unspecified atom stereocenters. The summed E-state index contributed by atoms with van der Waals surface area (Å²) in [6.45, 7) is 2.02. The van der Waals surface area contributed by atoms with Crippen molar-refractivity contribution >= 4 is 21.6 Å². The molecule has 1 heterocycles. The fourth-order valence-corrected chi connectivity index (χ4v) is 5.14. The second-order valence-electron chi connectivity index (χ2n) is 7.35. The van der Waals surface area contributed by atoms with Gasteiger partial charge in [0.25, 0.3) is 0 Å². The minimum Gasteiger partial charge on any atom is -0.325 e. The average molecular weight is 424 g/mol. The SMILES string of the molecule is Cc1ccc(NC(=O)C2Cc3ccccc3CN2S(=O)(=O)c2ccc(F)cc2)cc1. The molecule has 5 nitrogen and oxygen atoms in total. The summed E-state index contributed by atoms with van der Waals surface area (Å²) in [6.07, 6.45) is 0.258. The Morgan fingerprint density at radius 1 is 0.967 bits per heavy atom. The number of aryl methyl sites for hydroxylation is 1. The molecule has 1 aliphatic rings. The minimum absolute atomic E-state index is 0.0450. The summed E-state index contributed by atoms with van der Waals surface area (Å²) in [4.78, 5) is 13.1. The lowest BCUT2D eigenvalue weighted by Crippen LogP contribution is -2.50. The van der Waals surface area contributed by atoms with E-state index in [1.54, 1.807) is 12.1 Å². The van der Waals surface area contributed by atoms with Gasteiger partial charge in [-0.05, 0) is 60.9 Å². The van der Waals surface area contributed by atoms with Crippen LogP contribution in [-0.2, 0) is 27.8 Å². The first kappa shape index (κ1) is 20.3. The number of amides is 1.